The van der Waals surface area contributed by atoms with Gasteiger partial charge in [-0.2, -0.15) is 0 Å². The van der Waals surface area contributed by atoms with Gasteiger partial charge in [0.1, 0.15) is 0 Å². The predicted molar refractivity (Wildman–Crippen MR) is 94.7 cm³/mol. The zero-order valence-electron chi connectivity index (χ0n) is 12.9. The Kier molecular flexibility index (Phi) is 4.22. The monoisotopic (exact) mass is 372 g/mol. The highest BCUT2D eigenvalue weighted by atomic mass is 79.9. The van der Waals surface area contributed by atoms with Crippen molar-refractivity contribution in [2.75, 3.05) is 10.6 Å². The van der Waals surface area contributed by atoms with Gasteiger partial charge in [-0.15, -0.1) is 0 Å². The van der Waals surface area contributed by atoms with E-state index in [0.29, 0.717) is 11.3 Å². The van der Waals surface area contributed by atoms with Gasteiger partial charge >= 0.3 is 0 Å². The summed E-state index contributed by atoms with van der Waals surface area (Å²) in [5.41, 5.74) is 3.04. The first-order chi connectivity index (χ1) is 11.0. The lowest BCUT2D eigenvalue weighted by atomic mass is 9.89. The quantitative estimate of drug-likeness (QED) is 0.838. The van der Waals surface area contributed by atoms with Crippen molar-refractivity contribution >= 4 is 39.1 Å². The molecule has 1 unspecified atom stereocenters. The molecule has 118 valence electrons. The first-order valence-electron chi connectivity index (χ1n) is 7.47. The van der Waals surface area contributed by atoms with Crippen LogP contribution in [0.25, 0.3) is 0 Å². The lowest BCUT2D eigenvalue weighted by Crippen LogP contribution is -2.17. The van der Waals surface area contributed by atoms with Gasteiger partial charge < -0.3 is 10.6 Å². The number of rotatable bonds is 3. The summed E-state index contributed by atoms with van der Waals surface area (Å²) in [6.45, 7) is 4.04. The summed E-state index contributed by atoms with van der Waals surface area (Å²) in [4.78, 5) is 24.4. The van der Waals surface area contributed by atoms with Gasteiger partial charge in [-0.25, -0.2) is 0 Å². The Labute approximate surface area is 143 Å². The average Bonchev–Trinajstić information content (AvgIpc) is 2.82. The van der Waals surface area contributed by atoms with Crippen LogP contribution in [-0.2, 0) is 4.79 Å². The van der Waals surface area contributed by atoms with Crippen molar-refractivity contribution in [2.45, 2.75) is 19.8 Å². The van der Waals surface area contributed by atoms with Crippen LogP contribution in [0.1, 0.15) is 35.7 Å². The summed E-state index contributed by atoms with van der Waals surface area (Å²) in [7, 11) is 0. The van der Waals surface area contributed by atoms with Gasteiger partial charge in [0.15, 0.2) is 0 Å². The number of fused-ring (bicyclic) bond motifs is 1. The molecule has 1 heterocycles. The van der Waals surface area contributed by atoms with Crippen LogP contribution in [0.15, 0.2) is 46.9 Å². The number of amides is 2. The molecule has 0 saturated heterocycles. The molecule has 5 heteroatoms. The Morgan fingerprint density at radius 3 is 2.70 bits per heavy atom. The molecule has 2 N–H and O–H groups in total. The first kappa shape index (κ1) is 15.7. The van der Waals surface area contributed by atoms with Gasteiger partial charge in [0.25, 0.3) is 5.91 Å². The maximum absolute atomic E-state index is 12.3. The van der Waals surface area contributed by atoms with Gasteiger partial charge in [-0.3, -0.25) is 9.59 Å². The average molecular weight is 373 g/mol. The fraction of sp³-hybridized carbons (Fsp3) is 0.222. The van der Waals surface area contributed by atoms with E-state index in [-0.39, 0.29) is 23.7 Å². The van der Waals surface area contributed by atoms with Gasteiger partial charge in [-0.05, 0) is 47.9 Å². The third-order valence-corrected chi connectivity index (χ3v) is 4.43. The topological polar surface area (TPSA) is 58.2 Å². The lowest BCUT2D eigenvalue weighted by molar-refractivity contribution is -0.117. The molecule has 2 aromatic carbocycles. The largest absolute Gasteiger partial charge is 0.325 e. The van der Waals surface area contributed by atoms with Crippen molar-refractivity contribution in [3.63, 3.8) is 0 Å². The molecule has 2 aromatic rings. The molecule has 0 fully saturated rings. The van der Waals surface area contributed by atoms with E-state index in [9.17, 15) is 9.59 Å². The van der Waals surface area contributed by atoms with E-state index in [4.69, 9.17) is 0 Å². The normalized spacial score (nSPS) is 16.2. The lowest BCUT2D eigenvalue weighted by Gasteiger charge is -2.14. The van der Waals surface area contributed by atoms with Crippen molar-refractivity contribution in [3.8, 4) is 0 Å². The van der Waals surface area contributed by atoms with Gasteiger partial charge in [-0.1, -0.05) is 35.8 Å². The van der Waals surface area contributed by atoms with Crippen LogP contribution in [0.2, 0.25) is 0 Å². The molecular weight excluding hydrogens is 356 g/mol. The standard InChI is InChI=1S/C18H17BrN2O2/c1-10(2)16-14-9-13(6-7-15(14)21-18(16)23)20-17(22)11-4-3-5-12(19)8-11/h3-10,16H,1-2H3,(H,20,22)(H,21,23). The van der Waals surface area contributed by atoms with E-state index in [2.05, 4.69) is 26.6 Å². The summed E-state index contributed by atoms with van der Waals surface area (Å²) in [6.07, 6.45) is 0. The number of anilines is 2. The number of halogens is 1. The molecule has 0 spiro atoms. The SMILES string of the molecule is CC(C)C1C(=O)Nc2ccc(NC(=O)c3cccc(Br)c3)cc21. The van der Waals surface area contributed by atoms with Crippen molar-refractivity contribution in [1.82, 2.24) is 0 Å². The summed E-state index contributed by atoms with van der Waals surface area (Å²) < 4.78 is 0.855. The third-order valence-electron chi connectivity index (χ3n) is 3.94. The molecule has 0 aromatic heterocycles. The van der Waals surface area contributed by atoms with Crippen LogP contribution in [0, 0.1) is 5.92 Å². The van der Waals surface area contributed by atoms with Crippen LogP contribution in [0.5, 0.6) is 0 Å². The molecule has 4 nitrogen and oxygen atoms in total. The number of carbonyl (C=O) groups is 2. The fourth-order valence-corrected chi connectivity index (χ4v) is 3.26. The first-order valence-corrected chi connectivity index (χ1v) is 8.27. The zero-order valence-corrected chi connectivity index (χ0v) is 14.5. The number of nitrogens with one attached hydrogen (secondary N) is 2. The Balaban J connectivity index is 1.86. The van der Waals surface area contributed by atoms with E-state index in [1.54, 1.807) is 18.2 Å². The minimum atomic E-state index is -0.176. The molecule has 1 aliphatic heterocycles. The Hall–Kier alpha value is -2.14. The maximum Gasteiger partial charge on any atom is 0.255 e. The second-order valence-corrected chi connectivity index (χ2v) is 6.89. The van der Waals surface area contributed by atoms with Crippen molar-refractivity contribution in [3.05, 3.63) is 58.1 Å². The zero-order chi connectivity index (χ0) is 16.6. The number of hydrogen-bond acceptors (Lipinski definition) is 2. The molecular formula is C18H17BrN2O2. The van der Waals surface area contributed by atoms with Gasteiger partial charge in [0, 0.05) is 21.4 Å². The van der Waals surface area contributed by atoms with Crippen molar-refractivity contribution in [2.24, 2.45) is 5.92 Å². The minimum Gasteiger partial charge on any atom is -0.325 e. The molecule has 0 radical (unpaired) electrons. The van der Waals surface area contributed by atoms with Crippen molar-refractivity contribution in [1.29, 1.82) is 0 Å². The van der Waals surface area contributed by atoms with Crippen LogP contribution in [0.3, 0.4) is 0 Å². The number of benzene rings is 2. The molecule has 1 aliphatic rings. The van der Waals surface area contributed by atoms with Gasteiger partial charge in [0.2, 0.25) is 5.91 Å². The van der Waals surface area contributed by atoms with Crippen LogP contribution in [-0.4, -0.2) is 11.8 Å². The van der Waals surface area contributed by atoms with Crippen LogP contribution in [0.4, 0.5) is 11.4 Å². The van der Waals surface area contributed by atoms with E-state index in [0.717, 1.165) is 15.7 Å². The summed E-state index contributed by atoms with van der Waals surface area (Å²) in [5.74, 6) is -0.130. The van der Waals surface area contributed by atoms with Crippen molar-refractivity contribution < 1.29 is 9.59 Å². The highest BCUT2D eigenvalue weighted by Gasteiger charge is 2.33. The Morgan fingerprint density at radius 2 is 2.00 bits per heavy atom. The predicted octanol–water partition coefficient (Wildman–Crippen LogP) is 4.39. The molecule has 23 heavy (non-hydrogen) atoms. The molecule has 0 saturated carbocycles. The smallest absolute Gasteiger partial charge is 0.255 e. The number of hydrogen-bond donors (Lipinski definition) is 2. The highest BCUT2D eigenvalue weighted by molar-refractivity contribution is 9.10. The van der Waals surface area contributed by atoms with E-state index in [1.807, 2.05) is 38.1 Å². The summed E-state index contributed by atoms with van der Waals surface area (Å²) in [5, 5.41) is 5.78. The fourth-order valence-electron chi connectivity index (χ4n) is 2.86. The summed E-state index contributed by atoms with van der Waals surface area (Å²) in [6, 6.07) is 12.7. The van der Waals surface area contributed by atoms with Crippen LogP contribution >= 0.6 is 15.9 Å². The van der Waals surface area contributed by atoms with E-state index in [1.165, 1.54) is 0 Å². The minimum absolute atomic E-state index is 0.0190. The van der Waals surface area contributed by atoms with E-state index >= 15 is 0 Å². The highest BCUT2D eigenvalue weighted by Crippen LogP contribution is 2.38. The summed E-state index contributed by atoms with van der Waals surface area (Å²) >= 11 is 3.36. The second-order valence-electron chi connectivity index (χ2n) is 5.98. The Morgan fingerprint density at radius 1 is 1.22 bits per heavy atom. The Bertz CT molecular complexity index is 786. The van der Waals surface area contributed by atoms with E-state index < -0.39 is 0 Å². The van der Waals surface area contributed by atoms with Crippen LogP contribution < -0.4 is 10.6 Å². The second kappa shape index (κ2) is 6.16. The van der Waals surface area contributed by atoms with Gasteiger partial charge in [0.05, 0.1) is 5.92 Å². The molecule has 3 rings (SSSR count). The third kappa shape index (κ3) is 3.15. The molecule has 2 amide bonds. The molecule has 1 atom stereocenters. The maximum atomic E-state index is 12.3. The number of carbonyl (C=O) groups excluding carboxylic acids is 2. The molecule has 0 bridgehead atoms. The molecule has 0 aliphatic carbocycles.